The second-order valence-electron chi connectivity index (χ2n) is 8.57. The molecule has 0 aliphatic carbocycles. The van der Waals surface area contributed by atoms with Gasteiger partial charge in [-0.15, -0.1) is 13.2 Å². The predicted molar refractivity (Wildman–Crippen MR) is 129 cm³/mol. The van der Waals surface area contributed by atoms with E-state index in [0.717, 1.165) is 24.0 Å². The van der Waals surface area contributed by atoms with Gasteiger partial charge in [0.1, 0.15) is 17.3 Å². The maximum Gasteiger partial charge on any atom is 0.573 e. The Morgan fingerprint density at radius 3 is 2.31 bits per heavy atom. The number of alkyl halides is 3. The zero-order chi connectivity index (χ0) is 25.3. The lowest BCUT2D eigenvalue weighted by atomic mass is 10.1. The first-order chi connectivity index (χ1) is 17.3. The highest BCUT2D eigenvalue weighted by Gasteiger charge is 2.31. The van der Waals surface area contributed by atoms with Crippen molar-refractivity contribution in [1.82, 2.24) is 4.90 Å². The van der Waals surface area contributed by atoms with Gasteiger partial charge in [0.25, 0.3) is 0 Å². The van der Waals surface area contributed by atoms with Gasteiger partial charge in [0, 0.05) is 43.7 Å². The molecule has 0 unspecified atom stereocenters. The van der Waals surface area contributed by atoms with Crippen LogP contribution in [0.4, 0.5) is 23.2 Å². The van der Waals surface area contributed by atoms with Crippen molar-refractivity contribution in [3.05, 3.63) is 78.1 Å². The molecule has 4 aromatic rings. The van der Waals surface area contributed by atoms with Gasteiger partial charge in [-0.3, -0.25) is 4.90 Å². The molecule has 3 aromatic carbocycles. The van der Waals surface area contributed by atoms with Crippen LogP contribution < -0.4 is 14.4 Å². The minimum absolute atomic E-state index is 0.216. The van der Waals surface area contributed by atoms with Crippen molar-refractivity contribution in [2.45, 2.75) is 12.9 Å². The van der Waals surface area contributed by atoms with Gasteiger partial charge in [-0.05, 0) is 54.1 Å². The van der Waals surface area contributed by atoms with Crippen LogP contribution in [-0.2, 0) is 6.54 Å². The van der Waals surface area contributed by atoms with Crippen LogP contribution in [-0.4, -0.2) is 44.6 Å². The lowest BCUT2D eigenvalue weighted by Gasteiger charge is -2.36. The molecule has 1 fully saturated rings. The molecule has 9 heteroatoms. The third kappa shape index (κ3) is 5.11. The molecule has 2 heterocycles. The van der Waals surface area contributed by atoms with Crippen LogP contribution in [0, 0.1) is 5.82 Å². The molecule has 0 amide bonds. The molecule has 5 nitrogen and oxygen atoms in total. The molecular weight excluding hydrogens is 476 g/mol. The molecule has 1 aromatic heterocycles. The zero-order valence-corrected chi connectivity index (χ0v) is 19.5. The molecule has 0 bridgehead atoms. The molecule has 1 saturated heterocycles. The van der Waals surface area contributed by atoms with Crippen LogP contribution in [0.2, 0.25) is 0 Å². The second-order valence-corrected chi connectivity index (χ2v) is 8.57. The summed E-state index contributed by atoms with van der Waals surface area (Å²) in [5.41, 5.74) is 2.85. The van der Waals surface area contributed by atoms with Crippen molar-refractivity contribution >= 4 is 16.7 Å². The topological polar surface area (TPSA) is 38.1 Å². The maximum absolute atomic E-state index is 14.2. The Morgan fingerprint density at radius 2 is 1.64 bits per heavy atom. The highest BCUT2D eigenvalue weighted by Crippen LogP contribution is 2.37. The van der Waals surface area contributed by atoms with Gasteiger partial charge in [0.15, 0.2) is 11.3 Å². The Hall–Kier alpha value is -3.72. The lowest BCUT2D eigenvalue weighted by Crippen LogP contribution is -2.46. The van der Waals surface area contributed by atoms with Gasteiger partial charge < -0.3 is 18.8 Å². The van der Waals surface area contributed by atoms with E-state index in [1.54, 1.807) is 19.2 Å². The monoisotopic (exact) mass is 500 g/mol. The van der Waals surface area contributed by atoms with Crippen molar-refractivity contribution < 1.29 is 31.5 Å². The Bertz CT molecular complexity index is 1340. The zero-order valence-electron chi connectivity index (χ0n) is 19.5. The van der Waals surface area contributed by atoms with Gasteiger partial charge in [-0.25, -0.2) is 4.39 Å². The fourth-order valence-electron chi connectivity index (χ4n) is 4.51. The summed E-state index contributed by atoms with van der Waals surface area (Å²) in [5, 5.41) is 0.872. The van der Waals surface area contributed by atoms with E-state index in [1.165, 1.54) is 30.3 Å². The van der Waals surface area contributed by atoms with Gasteiger partial charge in [-0.1, -0.05) is 18.2 Å². The quantitative estimate of drug-likeness (QED) is 0.284. The molecule has 36 heavy (non-hydrogen) atoms. The number of nitrogens with zero attached hydrogens (tertiary/aromatic N) is 2. The number of halogens is 4. The van der Waals surface area contributed by atoms with E-state index in [1.807, 2.05) is 24.3 Å². The minimum atomic E-state index is -4.75. The van der Waals surface area contributed by atoms with Crippen LogP contribution in [0.5, 0.6) is 11.5 Å². The van der Waals surface area contributed by atoms with Crippen LogP contribution in [0.25, 0.3) is 22.3 Å². The van der Waals surface area contributed by atoms with E-state index in [4.69, 9.17) is 9.15 Å². The van der Waals surface area contributed by atoms with Gasteiger partial charge in [0.2, 0.25) is 0 Å². The van der Waals surface area contributed by atoms with E-state index in [2.05, 4.69) is 14.5 Å². The molecule has 1 aliphatic rings. The Labute approximate surface area is 205 Å². The van der Waals surface area contributed by atoms with Crippen molar-refractivity contribution in [1.29, 1.82) is 0 Å². The van der Waals surface area contributed by atoms with Crippen LogP contribution in [0.1, 0.15) is 5.56 Å². The molecule has 0 atom stereocenters. The van der Waals surface area contributed by atoms with Gasteiger partial charge in [-0.2, -0.15) is 0 Å². The Kier molecular flexibility index (Phi) is 6.49. The number of furan rings is 1. The predicted octanol–water partition coefficient (Wildman–Crippen LogP) is 6.47. The summed E-state index contributed by atoms with van der Waals surface area (Å²) in [6.07, 6.45) is -4.75. The number of ether oxygens (including phenoxy) is 2. The molecular formula is C27H24F4N2O3. The van der Waals surface area contributed by atoms with Crippen molar-refractivity contribution in [3.63, 3.8) is 0 Å². The van der Waals surface area contributed by atoms with E-state index < -0.39 is 6.36 Å². The van der Waals surface area contributed by atoms with Crippen LogP contribution in [0.3, 0.4) is 0 Å². The van der Waals surface area contributed by atoms with Crippen LogP contribution >= 0.6 is 0 Å². The first-order valence-corrected chi connectivity index (χ1v) is 11.5. The number of benzene rings is 3. The van der Waals surface area contributed by atoms with E-state index in [-0.39, 0.29) is 11.6 Å². The van der Waals surface area contributed by atoms with Crippen molar-refractivity contribution in [3.8, 4) is 22.8 Å². The highest BCUT2D eigenvalue weighted by atomic mass is 19.4. The van der Waals surface area contributed by atoms with Crippen molar-refractivity contribution in [2.24, 2.45) is 0 Å². The van der Waals surface area contributed by atoms with E-state index in [0.29, 0.717) is 48.0 Å². The molecule has 0 radical (unpaired) electrons. The molecule has 5 rings (SSSR count). The van der Waals surface area contributed by atoms with Crippen LogP contribution in [0.15, 0.2) is 71.1 Å². The smallest absolute Gasteiger partial charge is 0.493 e. The SMILES string of the molecule is COc1ccc(CN2CCN(c3ccccc3F)CC2)c2cc(-c3ccc(OC(F)(F)F)cc3)oc12. The number of hydrogen-bond donors (Lipinski definition) is 0. The first-order valence-electron chi connectivity index (χ1n) is 11.5. The number of piperazine rings is 1. The summed E-state index contributed by atoms with van der Waals surface area (Å²) in [5.74, 6) is 0.571. The summed E-state index contributed by atoms with van der Waals surface area (Å²) in [7, 11) is 1.56. The van der Waals surface area contributed by atoms with Crippen molar-refractivity contribution in [2.75, 3.05) is 38.2 Å². The highest BCUT2D eigenvalue weighted by molar-refractivity contribution is 5.90. The summed E-state index contributed by atoms with van der Waals surface area (Å²) in [4.78, 5) is 4.35. The number of para-hydroxylation sites is 1. The number of anilines is 1. The Balaban J connectivity index is 1.35. The molecule has 0 N–H and O–H groups in total. The van der Waals surface area contributed by atoms with E-state index >= 15 is 0 Å². The third-order valence-corrected chi connectivity index (χ3v) is 6.29. The largest absolute Gasteiger partial charge is 0.573 e. The standard InChI is InChI=1S/C27H24F4N2O3/c1-34-24-11-8-19(17-32-12-14-33(15-13-32)23-5-3-2-4-22(23)28)21-16-25(35-26(21)24)18-6-9-20(10-7-18)36-27(29,30)31/h2-11,16H,12-15,17H2,1H3. The van der Waals surface area contributed by atoms with E-state index in [9.17, 15) is 17.6 Å². The summed E-state index contributed by atoms with van der Waals surface area (Å²) in [6, 6.07) is 18.1. The molecule has 0 saturated carbocycles. The number of fused-ring (bicyclic) bond motifs is 1. The normalized spacial score (nSPS) is 14.9. The fourth-order valence-corrected chi connectivity index (χ4v) is 4.51. The number of methoxy groups -OCH3 is 1. The maximum atomic E-state index is 14.2. The average Bonchev–Trinajstić information content (AvgIpc) is 3.31. The van der Waals surface area contributed by atoms with Gasteiger partial charge >= 0.3 is 6.36 Å². The first kappa shape index (κ1) is 24.0. The van der Waals surface area contributed by atoms with Gasteiger partial charge in [0.05, 0.1) is 12.8 Å². The molecule has 0 spiro atoms. The third-order valence-electron chi connectivity index (χ3n) is 6.29. The molecule has 188 valence electrons. The second kappa shape index (κ2) is 9.73. The number of rotatable bonds is 6. The lowest BCUT2D eigenvalue weighted by molar-refractivity contribution is -0.274. The summed E-state index contributed by atoms with van der Waals surface area (Å²) in [6.45, 7) is 3.63. The number of hydrogen-bond acceptors (Lipinski definition) is 5. The Morgan fingerprint density at radius 1 is 0.917 bits per heavy atom. The summed E-state index contributed by atoms with van der Waals surface area (Å²) < 4.78 is 67.1. The minimum Gasteiger partial charge on any atom is -0.493 e. The average molecular weight is 500 g/mol. The summed E-state index contributed by atoms with van der Waals surface area (Å²) >= 11 is 0. The fraction of sp³-hybridized carbons (Fsp3) is 0.259. The molecule has 1 aliphatic heterocycles.